The molecule has 1 aromatic carbocycles. The maximum atomic E-state index is 5.92. The fourth-order valence-corrected chi connectivity index (χ4v) is 3.17. The average Bonchev–Trinajstić information content (AvgIpc) is 3.04. The lowest BCUT2D eigenvalue weighted by Crippen LogP contribution is -2.48. The fourth-order valence-electron chi connectivity index (χ4n) is 3.04. The Balaban J connectivity index is 1.67. The normalized spacial score (nSPS) is 22.4. The van der Waals surface area contributed by atoms with Crippen LogP contribution in [0.1, 0.15) is 18.5 Å². The molecule has 1 fully saturated rings. The third-order valence-corrected chi connectivity index (χ3v) is 4.66. The number of aromatic nitrogens is 1. The molecular formula is C17H22ClN3O2. The minimum absolute atomic E-state index is 0.307. The Hall–Kier alpha value is -1.40. The van der Waals surface area contributed by atoms with Gasteiger partial charge in [0.25, 0.3) is 0 Å². The molecule has 2 atom stereocenters. The molecule has 0 amide bonds. The van der Waals surface area contributed by atoms with E-state index in [0.717, 1.165) is 37.2 Å². The van der Waals surface area contributed by atoms with Gasteiger partial charge >= 0.3 is 0 Å². The molecule has 1 aromatic heterocycles. The van der Waals surface area contributed by atoms with Crippen molar-refractivity contribution >= 4 is 11.6 Å². The summed E-state index contributed by atoms with van der Waals surface area (Å²) in [5.41, 5.74) is 7.77. The van der Waals surface area contributed by atoms with E-state index in [-0.39, 0.29) is 0 Å². The maximum absolute atomic E-state index is 5.92. The van der Waals surface area contributed by atoms with Gasteiger partial charge in [-0.1, -0.05) is 11.6 Å². The molecule has 2 heterocycles. The topological polar surface area (TPSA) is 64.5 Å². The second kappa shape index (κ2) is 7.45. The Morgan fingerprint density at radius 1 is 1.39 bits per heavy atom. The lowest BCUT2D eigenvalue weighted by molar-refractivity contribution is 0.00978. The molecule has 2 aromatic rings. The van der Waals surface area contributed by atoms with Crippen molar-refractivity contribution in [1.29, 1.82) is 0 Å². The molecule has 0 aliphatic carbocycles. The predicted octanol–water partition coefficient (Wildman–Crippen LogP) is 2.93. The highest BCUT2D eigenvalue weighted by Crippen LogP contribution is 2.24. The second-order valence-corrected chi connectivity index (χ2v) is 6.33. The Kier molecular flexibility index (Phi) is 5.33. The first-order valence-corrected chi connectivity index (χ1v) is 8.24. The number of methoxy groups -OCH3 is 1. The van der Waals surface area contributed by atoms with Crippen molar-refractivity contribution < 1.29 is 9.15 Å². The Morgan fingerprint density at radius 3 is 2.87 bits per heavy atom. The molecule has 0 bridgehead atoms. The summed E-state index contributed by atoms with van der Waals surface area (Å²) in [6.07, 6.45) is 4.02. The van der Waals surface area contributed by atoms with Crippen LogP contribution in [0.5, 0.6) is 0 Å². The highest BCUT2D eigenvalue weighted by molar-refractivity contribution is 6.30. The number of nitrogens with two attached hydrogens (primary N) is 1. The van der Waals surface area contributed by atoms with Crippen LogP contribution < -0.4 is 5.73 Å². The van der Waals surface area contributed by atoms with Gasteiger partial charge in [-0.05, 0) is 37.1 Å². The number of likely N-dealkylation sites (tertiary alicyclic amines) is 1. The summed E-state index contributed by atoms with van der Waals surface area (Å²) < 4.78 is 11.1. The summed E-state index contributed by atoms with van der Waals surface area (Å²) in [6, 6.07) is 7.81. The van der Waals surface area contributed by atoms with Crippen LogP contribution >= 0.6 is 11.6 Å². The lowest BCUT2D eigenvalue weighted by Gasteiger charge is -2.37. The van der Waals surface area contributed by atoms with E-state index in [1.54, 1.807) is 13.4 Å². The van der Waals surface area contributed by atoms with Gasteiger partial charge in [-0.25, -0.2) is 4.98 Å². The third-order valence-electron chi connectivity index (χ3n) is 4.40. The highest BCUT2D eigenvalue weighted by atomic mass is 35.5. The SMILES string of the molecule is COC1CCN(Cc2coc(-c3ccc(Cl)cc3)n2)C(CN)C1. The van der Waals surface area contributed by atoms with Crippen molar-refractivity contribution in [2.45, 2.75) is 31.5 Å². The van der Waals surface area contributed by atoms with Gasteiger partial charge in [0.05, 0.1) is 11.8 Å². The highest BCUT2D eigenvalue weighted by Gasteiger charge is 2.28. The smallest absolute Gasteiger partial charge is 0.226 e. The van der Waals surface area contributed by atoms with Gasteiger partial charge in [0.15, 0.2) is 0 Å². The number of piperidine rings is 1. The first kappa shape index (κ1) is 16.5. The summed E-state index contributed by atoms with van der Waals surface area (Å²) in [5.74, 6) is 0.618. The van der Waals surface area contributed by atoms with E-state index in [1.807, 2.05) is 24.3 Å². The molecule has 3 rings (SSSR count). The molecule has 1 aliphatic heterocycles. The van der Waals surface area contributed by atoms with Crippen molar-refractivity contribution in [2.75, 3.05) is 20.2 Å². The summed E-state index contributed by atoms with van der Waals surface area (Å²) in [5, 5.41) is 0.701. The molecule has 0 saturated carbocycles. The molecule has 1 aliphatic rings. The second-order valence-electron chi connectivity index (χ2n) is 5.89. The van der Waals surface area contributed by atoms with Crippen LogP contribution in [-0.2, 0) is 11.3 Å². The monoisotopic (exact) mass is 335 g/mol. The minimum atomic E-state index is 0.307. The van der Waals surface area contributed by atoms with Gasteiger partial charge in [-0.15, -0.1) is 0 Å². The van der Waals surface area contributed by atoms with Crippen LogP contribution in [0.15, 0.2) is 34.9 Å². The van der Waals surface area contributed by atoms with Crippen LogP contribution in [-0.4, -0.2) is 42.2 Å². The van der Waals surface area contributed by atoms with Crippen LogP contribution in [0.25, 0.3) is 11.5 Å². The molecule has 1 saturated heterocycles. The number of ether oxygens (including phenoxy) is 1. The molecule has 2 N–H and O–H groups in total. The first-order chi connectivity index (χ1) is 11.2. The van der Waals surface area contributed by atoms with E-state index in [4.69, 9.17) is 26.5 Å². The molecule has 0 radical (unpaired) electrons. The van der Waals surface area contributed by atoms with Crippen LogP contribution in [0.2, 0.25) is 5.02 Å². The van der Waals surface area contributed by atoms with Gasteiger partial charge in [-0.2, -0.15) is 0 Å². The van der Waals surface area contributed by atoms with Crippen molar-refractivity contribution in [1.82, 2.24) is 9.88 Å². The number of halogens is 1. The van der Waals surface area contributed by atoms with E-state index >= 15 is 0 Å². The fraction of sp³-hybridized carbons (Fsp3) is 0.471. The standard InChI is InChI=1S/C17H22ClN3O2/c1-22-16-6-7-21(15(8-16)9-19)10-14-11-23-17(20-14)12-2-4-13(18)5-3-12/h2-5,11,15-16H,6-10,19H2,1H3. The van der Waals surface area contributed by atoms with Crippen molar-refractivity contribution in [3.8, 4) is 11.5 Å². The zero-order valence-electron chi connectivity index (χ0n) is 13.2. The Morgan fingerprint density at radius 2 is 2.17 bits per heavy atom. The molecule has 124 valence electrons. The lowest BCUT2D eigenvalue weighted by atomic mass is 9.99. The quantitative estimate of drug-likeness (QED) is 0.910. The number of hydrogen-bond donors (Lipinski definition) is 1. The van der Waals surface area contributed by atoms with Gasteiger partial charge in [0.2, 0.25) is 5.89 Å². The minimum Gasteiger partial charge on any atom is -0.444 e. The molecule has 23 heavy (non-hydrogen) atoms. The molecule has 2 unspecified atom stereocenters. The average molecular weight is 336 g/mol. The van der Waals surface area contributed by atoms with E-state index in [2.05, 4.69) is 9.88 Å². The van der Waals surface area contributed by atoms with E-state index < -0.39 is 0 Å². The number of oxazole rings is 1. The molecule has 0 spiro atoms. The third kappa shape index (κ3) is 3.93. The van der Waals surface area contributed by atoms with Crippen molar-refractivity contribution in [2.24, 2.45) is 5.73 Å². The van der Waals surface area contributed by atoms with Gasteiger partial charge < -0.3 is 14.9 Å². The van der Waals surface area contributed by atoms with Crippen molar-refractivity contribution in [3.05, 3.63) is 41.2 Å². The van der Waals surface area contributed by atoms with E-state index in [0.29, 0.717) is 29.6 Å². The number of rotatable bonds is 5. The first-order valence-electron chi connectivity index (χ1n) is 7.87. The zero-order valence-corrected chi connectivity index (χ0v) is 14.0. The predicted molar refractivity (Wildman–Crippen MR) is 90.2 cm³/mol. The molecule has 6 heteroatoms. The number of hydrogen-bond acceptors (Lipinski definition) is 5. The van der Waals surface area contributed by atoms with Crippen LogP contribution in [0, 0.1) is 0 Å². The summed E-state index contributed by atoms with van der Waals surface area (Å²) in [4.78, 5) is 6.95. The van der Waals surface area contributed by atoms with Gasteiger partial charge in [0.1, 0.15) is 6.26 Å². The number of nitrogens with zero attached hydrogens (tertiary/aromatic N) is 2. The summed E-state index contributed by atoms with van der Waals surface area (Å²) >= 11 is 5.91. The Labute approximate surface area is 141 Å². The molecular weight excluding hydrogens is 314 g/mol. The number of benzene rings is 1. The summed E-state index contributed by atoms with van der Waals surface area (Å²) in [6.45, 7) is 2.33. The Bertz CT molecular complexity index is 629. The zero-order chi connectivity index (χ0) is 16.2. The largest absolute Gasteiger partial charge is 0.444 e. The van der Waals surface area contributed by atoms with E-state index in [9.17, 15) is 0 Å². The van der Waals surface area contributed by atoms with Crippen LogP contribution in [0.4, 0.5) is 0 Å². The van der Waals surface area contributed by atoms with Gasteiger partial charge in [-0.3, -0.25) is 4.90 Å². The van der Waals surface area contributed by atoms with Crippen molar-refractivity contribution in [3.63, 3.8) is 0 Å². The van der Waals surface area contributed by atoms with Gasteiger partial charge in [0, 0.05) is 43.4 Å². The van der Waals surface area contributed by atoms with Crippen LogP contribution in [0.3, 0.4) is 0 Å². The van der Waals surface area contributed by atoms with E-state index in [1.165, 1.54) is 0 Å². The summed E-state index contributed by atoms with van der Waals surface area (Å²) in [7, 11) is 1.77. The molecule has 5 nitrogen and oxygen atoms in total. The maximum Gasteiger partial charge on any atom is 0.226 e.